The molecule has 1 aliphatic heterocycles. The number of anilines is 1. The number of nitrogens with two attached hydrogens (primary N) is 1. The van der Waals surface area contributed by atoms with E-state index < -0.39 is 24.4 Å². The number of carbonyl (C=O) groups excluding carboxylic acids is 2. The molecule has 0 radical (unpaired) electrons. The van der Waals surface area contributed by atoms with Crippen molar-refractivity contribution in [2.45, 2.75) is 24.8 Å². The fraction of sp³-hybridized carbons (Fsp3) is 0.240. The van der Waals surface area contributed by atoms with E-state index in [4.69, 9.17) is 17.3 Å². The third kappa shape index (κ3) is 5.03. The summed E-state index contributed by atoms with van der Waals surface area (Å²) in [6.45, 7) is 0.0701. The topological polar surface area (TPSA) is 117 Å². The van der Waals surface area contributed by atoms with Crippen molar-refractivity contribution in [1.29, 1.82) is 0 Å². The Morgan fingerprint density at radius 2 is 2.06 bits per heavy atom. The lowest BCUT2D eigenvalue weighted by Gasteiger charge is -2.23. The van der Waals surface area contributed by atoms with Gasteiger partial charge in [-0.1, -0.05) is 35.9 Å². The van der Waals surface area contributed by atoms with Gasteiger partial charge in [-0.2, -0.15) is 0 Å². The Morgan fingerprint density at radius 3 is 2.76 bits per heavy atom. The van der Waals surface area contributed by atoms with Gasteiger partial charge >= 0.3 is 0 Å². The van der Waals surface area contributed by atoms with Gasteiger partial charge < -0.3 is 21.5 Å². The van der Waals surface area contributed by atoms with Crippen LogP contribution in [0, 0.1) is 5.82 Å². The third-order valence-corrected chi connectivity index (χ3v) is 6.18. The predicted octanol–water partition coefficient (Wildman–Crippen LogP) is 3.58. The Balaban J connectivity index is 1.69. The molecule has 34 heavy (non-hydrogen) atoms. The van der Waals surface area contributed by atoms with Gasteiger partial charge in [0.2, 0.25) is 5.91 Å². The number of hydrogen-bond acceptors (Lipinski definition) is 5. The van der Waals surface area contributed by atoms with Gasteiger partial charge in [0.05, 0.1) is 18.2 Å². The number of nitrogens with one attached hydrogen (secondary N) is 2. The Kier molecular flexibility index (Phi) is 7.09. The van der Waals surface area contributed by atoms with Gasteiger partial charge in [0.15, 0.2) is 0 Å². The van der Waals surface area contributed by atoms with Crippen molar-refractivity contribution in [2.24, 2.45) is 0 Å². The van der Waals surface area contributed by atoms with Crippen LogP contribution in [0.2, 0.25) is 5.02 Å². The number of piperidine rings is 1. The molecule has 1 saturated heterocycles. The molecule has 0 saturated carbocycles. The van der Waals surface area contributed by atoms with Crippen LogP contribution < -0.4 is 16.4 Å². The molecule has 1 fully saturated rings. The number of rotatable bonds is 6. The largest absolute Gasteiger partial charge is 0.394 e. The van der Waals surface area contributed by atoms with E-state index in [-0.39, 0.29) is 28.8 Å². The lowest BCUT2D eigenvalue weighted by molar-refractivity contribution is -0.122. The Bertz CT molecular complexity index is 1230. The average Bonchev–Trinajstić information content (AvgIpc) is 2.83. The van der Waals surface area contributed by atoms with Gasteiger partial charge in [-0.15, -0.1) is 0 Å². The minimum absolute atomic E-state index is 0.00195. The van der Waals surface area contributed by atoms with Gasteiger partial charge in [-0.05, 0) is 41.8 Å². The molecule has 1 aromatic heterocycles. The van der Waals surface area contributed by atoms with Crippen LogP contribution >= 0.6 is 11.6 Å². The molecular weight excluding hydrogens is 459 g/mol. The first-order valence-corrected chi connectivity index (χ1v) is 11.2. The molecule has 3 aromatic rings. The molecule has 1 aliphatic rings. The summed E-state index contributed by atoms with van der Waals surface area (Å²) >= 11 is 6.04. The van der Waals surface area contributed by atoms with Crippen LogP contribution in [-0.4, -0.2) is 35.1 Å². The van der Waals surface area contributed by atoms with Crippen LogP contribution in [0.25, 0.3) is 11.1 Å². The summed E-state index contributed by atoms with van der Waals surface area (Å²) < 4.78 is 15.0. The number of halogens is 2. The number of carbonyl (C=O) groups is 2. The first kappa shape index (κ1) is 23.7. The van der Waals surface area contributed by atoms with Crippen molar-refractivity contribution in [3.63, 3.8) is 0 Å². The van der Waals surface area contributed by atoms with Crippen LogP contribution in [-0.2, 0) is 4.79 Å². The lowest BCUT2D eigenvalue weighted by Crippen LogP contribution is -2.33. The number of nitrogens with zero attached hydrogens (tertiary/aromatic N) is 1. The Labute approximate surface area is 201 Å². The highest BCUT2D eigenvalue weighted by molar-refractivity contribution is 6.30. The van der Waals surface area contributed by atoms with Crippen molar-refractivity contribution >= 4 is 29.2 Å². The van der Waals surface area contributed by atoms with Gasteiger partial charge in [0, 0.05) is 41.2 Å². The maximum absolute atomic E-state index is 15.0. The molecule has 0 bridgehead atoms. The molecule has 1 unspecified atom stereocenters. The first-order chi connectivity index (χ1) is 16.4. The summed E-state index contributed by atoms with van der Waals surface area (Å²) in [7, 11) is 0. The molecule has 7 nitrogen and oxygen atoms in total. The van der Waals surface area contributed by atoms with E-state index in [0.29, 0.717) is 35.5 Å². The van der Waals surface area contributed by atoms with E-state index in [1.165, 1.54) is 12.1 Å². The van der Waals surface area contributed by atoms with Crippen LogP contribution in [0.15, 0.2) is 54.7 Å². The van der Waals surface area contributed by atoms with Crippen molar-refractivity contribution in [2.75, 3.05) is 18.9 Å². The van der Waals surface area contributed by atoms with Crippen LogP contribution in [0.3, 0.4) is 0 Å². The van der Waals surface area contributed by atoms with Crippen molar-refractivity contribution in [1.82, 2.24) is 15.6 Å². The number of amides is 2. The second kappa shape index (κ2) is 10.2. The first-order valence-electron chi connectivity index (χ1n) is 10.9. The highest BCUT2D eigenvalue weighted by Crippen LogP contribution is 2.33. The van der Waals surface area contributed by atoms with Gasteiger partial charge in [0.1, 0.15) is 11.6 Å². The van der Waals surface area contributed by atoms with E-state index in [1.54, 1.807) is 42.6 Å². The maximum atomic E-state index is 15.0. The second-order valence-corrected chi connectivity index (χ2v) is 8.60. The lowest BCUT2D eigenvalue weighted by atomic mass is 9.90. The number of nitrogen functional groups attached to an aromatic ring is 1. The van der Waals surface area contributed by atoms with Crippen molar-refractivity contribution < 1.29 is 19.1 Å². The van der Waals surface area contributed by atoms with Crippen LogP contribution in [0.4, 0.5) is 10.2 Å². The molecule has 0 spiro atoms. The fourth-order valence-corrected chi connectivity index (χ4v) is 4.31. The van der Waals surface area contributed by atoms with E-state index >= 15 is 0 Å². The second-order valence-electron chi connectivity index (χ2n) is 8.17. The van der Waals surface area contributed by atoms with E-state index in [0.717, 1.165) is 5.56 Å². The van der Waals surface area contributed by atoms with E-state index in [1.807, 2.05) is 0 Å². The van der Waals surface area contributed by atoms with E-state index in [2.05, 4.69) is 15.6 Å². The molecule has 9 heteroatoms. The van der Waals surface area contributed by atoms with Crippen LogP contribution in [0.5, 0.6) is 0 Å². The molecular formula is C25H24ClFN4O3. The number of aliphatic hydroxyl groups excluding tert-OH is 1. The molecule has 4 rings (SSSR count). The predicted molar refractivity (Wildman–Crippen MR) is 128 cm³/mol. The number of aromatic nitrogens is 1. The number of benzene rings is 2. The highest BCUT2D eigenvalue weighted by atomic mass is 35.5. The molecule has 2 aromatic carbocycles. The minimum Gasteiger partial charge on any atom is -0.394 e. The minimum atomic E-state index is -0.786. The smallest absolute Gasteiger partial charge is 0.255 e. The van der Waals surface area contributed by atoms with Gasteiger partial charge in [0.25, 0.3) is 5.91 Å². The standard InChI is InChI=1S/C25H24ClFN4O3/c26-17-4-1-3-14(9-17)21(13-32)31-25(34)23-18(5-2-6-20(23)27)19-10-16(12-30-24(19)28)15-7-8-22(33)29-11-15/h1-6,9-10,12,15,21,32H,7-8,11,13H2,(H2,28,30)(H,29,33)(H,31,34)/t15?,21-/m1/s1. The molecule has 2 heterocycles. The third-order valence-electron chi connectivity index (χ3n) is 5.95. The van der Waals surface area contributed by atoms with Crippen LogP contribution in [0.1, 0.15) is 46.3 Å². The summed E-state index contributed by atoms with van der Waals surface area (Å²) in [5.74, 6) is -1.25. The zero-order valence-electron chi connectivity index (χ0n) is 18.2. The summed E-state index contributed by atoms with van der Waals surface area (Å²) in [6, 6.07) is 12.0. The summed E-state index contributed by atoms with van der Waals surface area (Å²) in [5, 5.41) is 15.8. The number of aliphatic hydroxyl groups is 1. The summed E-state index contributed by atoms with van der Waals surface area (Å²) in [5.41, 5.74) is 8.06. The van der Waals surface area contributed by atoms with Gasteiger partial charge in [-0.25, -0.2) is 9.37 Å². The molecule has 2 amide bonds. The number of pyridine rings is 1. The molecule has 176 valence electrons. The quantitative estimate of drug-likeness (QED) is 0.428. The zero-order chi connectivity index (χ0) is 24.2. The Hall–Kier alpha value is -3.49. The maximum Gasteiger partial charge on any atom is 0.255 e. The fourth-order valence-electron chi connectivity index (χ4n) is 4.12. The summed E-state index contributed by atoms with van der Waals surface area (Å²) in [4.78, 5) is 29.0. The molecule has 0 aliphatic carbocycles. The Morgan fingerprint density at radius 1 is 1.26 bits per heavy atom. The molecule has 2 atom stereocenters. The average molecular weight is 483 g/mol. The number of hydrogen-bond donors (Lipinski definition) is 4. The SMILES string of the molecule is Nc1ncc(C2CCC(=O)NC2)cc1-c1cccc(F)c1C(=O)N[C@H](CO)c1cccc(Cl)c1. The van der Waals surface area contributed by atoms with E-state index in [9.17, 15) is 19.1 Å². The molecule has 5 N–H and O–H groups in total. The monoisotopic (exact) mass is 482 g/mol. The highest BCUT2D eigenvalue weighted by Gasteiger charge is 2.25. The normalized spacial score (nSPS) is 16.6. The zero-order valence-corrected chi connectivity index (χ0v) is 19.0. The van der Waals surface area contributed by atoms with Crippen molar-refractivity contribution in [3.05, 3.63) is 82.3 Å². The van der Waals surface area contributed by atoms with Crippen molar-refractivity contribution in [3.8, 4) is 11.1 Å². The summed E-state index contributed by atoms with van der Waals surface area (Å²) in [6.07, 6.45) is 2.70. The van der Waals surface area contributed by atoms with Gasteiger partial charge in [-0.3, -0.25) is 9.59 Å².